The summed E-state index contributed by atoms with van der Waals surface area (Å²) >= 11 is 1.80. The summed E-state index contributed by atoms with van der Waals surface area (Å²) in [5.41, 5.74) is 14.7. The van der Waals surface area contributed by atoms with Crippen molar-refractivity contribution in [1.29, 1.82) is 5.26 Å². The quantitative estimate of drug-likeness (QED) is 0.116. The van der Waals surface area contributed by atoms with Crippen LogP contribution in [0.2, 0.25) is 0 Å². The molecule has 6 atom stereocenters. The number of rotatable bonds is 10. The van der Waals surface area contributed by atoms with Crippen molar-refractivity contribution in [3.63, 3.8) is 0 Å². The summed E-state index contributed by atoms with van der Waals surface area (Å²) in [6.07, 6.45) is 3.16. The number of fused-ring (bicyclic) bond motifs is 12. The Hall–Kier alpha value is -4.75. The standard InChI is InChI=1S/C48H51N3O5S/c1-8-17-53-45-30(6)46-47(56-25-55-46)43-36(45)20-39-44-42-29(5)28(4)26(2)18-31(42)19-38(50(44)7)40(21-49)51(39)41(43)22-54-48(52)27(3)23-57-24-37-34-15-11-9-13-32(34)33-14-10-12-16-35(33)37/h8-16,18,27,37-41,44H,1,17,19-20,22-25H2,2-7H3/t27-,38+,39?,40+,41+,44+/m1/s1. The van der Waals surface area contributed by atoms with Crippen LogP contribution in [0.4, 0.5) is 0 Å². The lowest BCUT2D eigenvalue weighted by Gasteiger charge is -2.60. The van der Waals surface area contributed by atoms with E-state index in [1.807, 2.05) is 13.8 Å². The number of carbonyl (C=O) groups is 1. The zero-order valence-corrected chi connectivity index (χ0v) is 34.6. The van der Waals surface area contributed by atoms with Crippen molar-refractivity contribution in [3.8, 4) is 34.4 Å². The van der Waals surface area contributed by atoms with Gasteiger partial charge in [-0.25, -0.2) is 0 Å². The largest absolute Gasteiger partial charge is 0.489 e. The zero-order valence-electron chi connectivity index (χ0n) is 33.8. The molecule has 294 valence electrons. The molecule has 0 amide bonds. The number of ether oxygens (including phenoxy) is 4. The Labute approximate surface area is 340 Å². The van der Waals surface area contributed by atoms with Gasteiger partial charge in [-0.05, 0) is 97.7 Å². The van der Waals surface area contributed by atoms with Crippen LogP contribution in [-0.4, -0.2) is 72.5 Å². The number of carbonyl (C=O) groups excluding carboxylic acids is 1. The third-order valence-electron chi connectivity index (χ3n) is 13.5. The molecule has 9 heteroatoms. The second-order valence-electron chi connectivity index (χ2n) is 16.5. The van der Waals surface area contributed by atoms with E-state index in [1.165, 1.54) is 50.1 Å². The van der Waals surface area contributed by atoms with Crippen LogP contribution >= 0.6 is 11.8 Å². The Morgan fingerprint density at radius 2 is 1.68 bits per heavy atom. The van der Waals surface area contributed by atoms with Crippen molar-refractivity contribution >= 4 is 17.7 Å². The van der Waals surface area contributed by atoms with Gasteiger partial charge in [-0.15, -0.1) is 0 Å². The third-order valence-corrected chi connectivity index (χ3v) is 14.8. The normalized spacial score (nSPS) is 23.4. The van der Waals surface area contributed by atoms with Crippen molar-refractivity contribution in [3.05, 3.63) is 123 Å². The molecule has 4 heterocycles. The third kappa shape index (κ3) is 5.97. The first kappa shape index (κ1) is 37.8. The molecule has 1 saturated heterocycles. The highest BCUT2D eigenvalue weighted by molar-refractivity contribution is 7.99. The summed E-state index contributed by atoms with van der Waals surface area (Å²) in [5.74, 6) is 3.32. The molecule has 1 unspecified atom stereocenters. The Bertz CT molecular complexity index is 2290. The first-order chi connectivity index (χ1) is 27.6. The average molecular weight is 782 g/mol. The fourth-order valence-corrected chi connectivity index (χ4v) is 11.9. The highest BCUT2D eigenvalue weighted by atomic mass is 32.2. The van der Waals surface area contributed by atoms with E-state index < -0.39 is 12.1 Å². The molecule has 5 aliphatic rings. The minimum absolute atomic E-state index is 0.0214. The Balaban J connectivity index is 1.04. The maximum absolute atomic E-state index is 14.0. The van der Waals surface area contributed by atoms with Crippen LogP contribution in [0.5, 0.6) is 17.2 Å². The minimum atomic E-state index is -0.454. The molecule has 1 fully saturated rings. The van der Waals surface area contributed by atoms with Gasteiger partial charge < -0.3 is 18.9 Å². The molecular weight excluding hydrogens is 731 g/mol. The molecule has 4 aromatic rings. The van der Waals surface area contributed by atoms with Crippen LogP contribution in [0.15, 0.2) is 67.3 Å². The van der Waals surface area contributed by atoms with E-state index in [0.717, 1.165) is 34.6 Å². The summed E-state index contributed by atoms with van der Waals surface area (Å²) < 4.78 is 25.3. The molecule has 8 nitrogen and oxygen atoms in total. The number of esters is 1. The van der Waals surface area contributed by atoms with Crippen LogP contribution in [0.1, 0.15) is 80.6 Å². The molecule has 0 saturated carbocycles. The summed E-state index contributed by atoms with van der Waals surface area (Å²) in [6, 6.07) is 21.4. The van der Waals surface area contributed by atoms with Gasteiger partial charge in [0.2, 0.25) is 6.79 Å². The van der Waals surface area contributed by atoms with Crippen molar-refractivity contribution in [2.24, 2.45) is 5.92 Å². The Morgan fingerprint density at radius 3 is 2.39 bits per heavy atom. The smallest absolute Gasteiger partial charge is 0.309 e. The van der Waals surface area contributed by atoms with Crippen LogP contribution in [0.3, 0.4) is 0 Å². The van der Waals surface area contributed by atoms with E-state index in [1.54, 1.807) is 17.8 Å². The first-order valence-corrected chi connectivity index (χ1v) is 21.4. The van der Waals surface area contributed by atoms with Gasteiger partial charge in [0.25, 0.3) is 0 Å². The van der Waals surface area contributed by atoms with Gasteiger partial charge >= 0.3 is 5.97 Å². The van der Waals surface area contributed by atoms with Gasteiger partial charge in [0, 0.05) is 46.2 Å². The van der Waals surface area contributed by atoms with E-state index >= 15 is 0 Å². The molecule has 4 aromatic carbocycles. The first-order valence-electron chi connectivity index (χ1n) is 20.2. The summed E-state index contributed by atoms with van der Waals surface area (Å²) in [4.78, 5) is 18.8. The van der Waals surface area contributed by atoms with Crippen molar-refractivity contribution in [2.45, 2.75) is 83.6 Å². The van der Waals surface area contributed by atoms with Crippen LogP contribution in [-0.2, 0) is 22.4 Å². The maximum atomic E-state index is 14.0. The van der Waals surface area contributed by atoms with Crippen molar-refractivity contribution < 1.29 is 23.7 Å². The molecule has 0 N–H and O–H groups in total. The van der Waals surface area contributed by atoms with Crippen LogP contribution < -0.4 is 14.2 Å². The number of piperazine rings is 1. The monoisotopic (exact) mass is 781 g/mol. The maximum Gasteiger partial charge on any atom is 0.309 e. The van der Waals surface area contributed by atoms with E-state index in [4.69, 9.17) is 18.9 Å². The lowest BCUT2D eigenvalue weighted by molar-refractivity contribution is -0.152. The number of nitriles is 1. The van der Waals surface area contributed by atoms with Gasteiger partial charge in [-0.1, -0.05) is 74.2 Å². The predicted octanol–water partition coefficient (Wildman–Crippen LogP) is 8.71. The van der Waals surface area contributed by atoms with Crippen molar-refractivity contribution in [1.82, 2.24) is 9.80 Å². The summed E-state index contributed by atoms with van der Waals surface area (Å²) in [6.45, 7) is 15.1. The number of hydrogen-bond donors (Lipinski definition) is 0. The fourth-order valence-electron chi connectivity index (χ4n) is 10.6. The van der Waals surface area contributed by atoms with Gasteiger partial charge in [0.05, 0.1) is 24.1 Å². The molecular formula is C48H51N3O5S. The highest BCUT2D eigenvalue weighted by Gasteiger charge is 2.56. The highest BCUT2D eigenvalue weighted by Crippen LogP contribution is 2.57. The average Bonchev–Trinajstić information content (AvgIpc) is 3.83. The van der Waals surface area contributed by atoms with Crippen molar-refractivity contribution in [2.75, 3.05) is 38.6 Å². The molecule has 0 aromatic heterocycles. The van der Waals surface area contributed by atoms with Gasteiger partial charge in [-0.3, -0.25) is 14.6 Å². The second-order valence-corrected chi connectivity index (χ2v) is 17.6. The number of likely N-dealkylation sites (N-methyl/N-ethyl adjacent to an activating group) is 1. The van der Waals surface area contributed by atoms with Gasteiger partial charge in [-0.2, -0.15) is 17.0 Å². The number of benzene rings is 4. The van der Waals surface area contributed by atoms with E-state index in [9.17, 15) is 10.1 Å². The molecule has 2 bridgehead atoms. The molecule has 0 spiro atoms. The SMILES string of the molecule is C=CCOc1c(C)c2c(c3c1CC1[C@H]4c5c(cc(C)c(C)c5C)C[C@@H]([C@H](C#N)N1[C@H]3COC(=O)[C@H](C)CSCC1c3ccccc3-c3ccccc31)N4C)OCO2. The van der Waals surface area contributed by atoms with Crippen LogP contribution in [0, 0.1) is 44.9 Å². The fraction of sp³-hybridized carbons (Fsp3) is 0.417. The number of hydrogen-bond acceptors (Lipinski definition) is 9. The van der Waals surface area contributed by atoms with Crippen LogP contribution in [0.25, 0.3) is 11.1 Å². The molecule has 9 rings (SSSR count). The summed E-state index contributed by atoms with van der Waals surface area (Å²) in [7, 11) is 2.18. The van der Waals surface area contributed by atoms with Gasteiger partial charge in [0.1, 0.15) is 25.0 Å². The number of nitrogens with zero attached hydrogens (tertiary/aromatic N) is 3. The number of aryl methyl sites for hydroxylation is 1. The zero-order chi connectivity index (χ0) is 39.7. The molecule has 1 aliphatic carbocycles. The predicted molar refractivity (Wildman–Crippen MR) is 224 cm³/mol. The topological polar surface area (TPSA) is 84.3 Å². The summed E-state index contributed by atoms with van der Waals surface area (Å²) in [5, 5.41) is 11.1. The number of thioether (sulfide) groups is 1. The van der Waals surface area contributed by atoms with E-state index in [2.05, 4.69) is 105 Å². The minimum Gasteiger partial charge on any atom is -0.489 e. The molecule has 4 aliphatic heterocycles. The molecule has 0 radical (unpaired) electrons. The van der Waals surface area contributed by atoms with Gasteiger partial charge in [0.15, 0.2) is 11.5 Å². The van der Waals surface area contributed by atoms with E-state index in [0.29, 0.717) is 30.3 Å². The molecule has 57 heavy (non-hydrogen) atoms. The Kier molecular flexibility index (Phi) is 9.87. The lowest BCUT2D eigenvalue weighted by Crippen LogP contribution is -2.68. The van der Waals surface area contributed by atoms with E-state index in [-0.39, 0.29) is 49.3 Å². The Morgan fingerprint density at radius 1 is 0.982 bits per heavy atom. The second kappa shape index (κ2) is 14.9. The lowest BCUT2D eigenvalue weighted by atomic mass is 9.70.